The molecular weight excluding hydrogens is 192 g/mol. The van der Waals surface area contributed by atoms with Gasteiger partial charge in [-0.2, -0.15) is 0 Å². The molecule has 1 unspecified atom stereocenters. The lowest BCUT2D eigenvalue weighted by molar-refractivity contribution is 0.00381. The summed E-state index contributed by atoms with van der Waals surface area (Å²) in [5, 5.41) is 11.3. The molecule has 78 valence electrons. The van der Waals surface area contributed by atoms with Gasteiger partial charge in [0.15, 0.2) is 0 Å². The molecule has 1 heterocycles. The Balaban J connectivity index is 2.50. The predicted octanol–water partition coefficient (Wildman–Crippen LogP) is 0.702. The largest absolute Gasteiger partial charge is 0.396 e. The van der Waals surface area contributed by atoms with Crippen molar-refractivity contribution in [3.8, 4) is 0 Å². The summed E-state index contributed by atoms with van der Waals surface area (Å²) in [5.41, 5.74) is 5.84. The summed E-state index contributed by atoms with van der Waals surface area (Å²) in [6, 6.07) is 3.22. The maximum atomic E-state index is 11.9. The quantitative estimate of drug-likeness (QED) is 0.673. The number of pyridine rings is 1. The second-order valence-electron chi connectivity index (χ2n) is 2.72. The SMILES string of the molecule is Nc1cccnc1NCC(O)C(F)F. The number of hydrogen-bond acceptors (Lipinski definition) is 4. The van der Waals surface area contributed by atoms with Crippen LogP contribution in [0.3, 0.4) is 0 Å². The van der Waals surface area contributed by atoms with Gasteiger partial charge in [-0.1, -0.05) is 0 Å². The third-order valence-corrected chi connectivity index (χ3v) is 1.61. The zero-order valence-electron chi connectivity index (χ0n) is 7.32. The van der Waals surface area contributed by atoms with Crippen LogP contribution in [0.25, 0.3) is 0 Å². The number of alkyl halides is 2. The number of nitrogen functional groups attached to an aromatic ring is 1. The van der Waals surface area contributed by atoms with Gasteiger partial charge in [-0.3, -0.25) is 0 Å². The number of anilines is 2. The molecule has 0 saturated carbocycles. The number of aromatic nitrogens is 1. The molecule has 0 amide bonds. The number of aliphatic hydroxyl groups excluding tert-OH is 1. The van der Waals surface area contributed by atoms with Crippen molar-refractivity contribution in [1.82, 2.24) is 4.98 Å². The normalized spacial score (nSPS) is 12.9. The Bertz CT molecular complexity index is 296. The first-order valence-electron chi connectivity index (χ1n) is 4.02. The van der Waals surface area contributed by atoms with Gasteiger partial charge in [-0.25, -0.2) is 13.8 Å². The molecule has 0 bridgehead atoms. The van der Waals surface area contributed by atoms with Crippen LogP contribution in [0, 0.1) is 0 Å². The van der Waals surface area contributed by atoms with Crippen LogP contribution < -0.4 is 11.1 Å². The van der Waals surface area contributed by atoms with Gasteiger partial charge in [0.1, 0.15) is 11.9 Å². The van der Waals surface area contributed by atoms with E-state index in [2.05, 4.69) is 10.3 Å². The van der Waals surface area contributed by atoms with Crippen molar-refractivity contribution in [3.05, 3.63) is 18.3 Å². The van der Waals surface area contributed by atoms with Gasteiger partial charge in [-0.15, -0.1) is 0 Å². The lowest BCUT2D eigenvalue weighted by atomic mass is 10.3. The first kappa shape index (κ1) is 10.6. The number of halogens is 2. The van der Waals surface area contributed by atoms with Crippen LogP contribution in [0.4, 0.5) is 20.3 Å². The number of rotatable bonds is 4. The number of hydrogen-bond donors (Lipinski definition) is 3. The summed E-state index contributed by atoms with van der Waals surface area (Å²) in [6.07, 6.45) is -3.00. The van der Waals surface area contributed by atoms with Crippen LogP contribution in [0.1, 0.15) is 0 Å². The Labute approximate surface area is 79.8 Å². The van der Waals surface area contributed by atoms with E-state index in [1.807, 2.05) is 0 Å². The van der Waals surface area contributed by atoms with Crippen LogP contribution in [-0.4, -0.2) is 29.2 Å². The highest BCUT2D eigenvalue weighted by Gasteiger charge is 2.16. The molecule has 1 aromatic rings. The molecule has 1 aromatic heterocycles. The molecule has 1 rings (SSSR count). The fraction of sp³-hybridized carbons (Fsp3) is 0.375. The molecule has 0 aliphatic heterocycles. The topological polar surface area (TPSA) is 71.2 Å². The van der Waals surface area contributed by atoms with Crippen molar-refractivity contribution in [2.75, 3.05) is 17.6 Å². The highest BCUT2D eigenvalue weighted by molar-refractivity contribution is 5.60. The molecule has 6 heteroatoms. The molecule has 4 nitrogen and oxygen atoms in total. The van der Waals surface area contributed by atoms with E-state index in [1.54, 1.807) is 12.1 Å². The third-order valence-electron chi connectivity index (χ3n) is 1.61. The first-order chi connectivity index (χ1) is 6.61. The highest BCUT2D eigenvalue weighted by atomic mass is 19.3. The molecule has 0 aliphatic carbocycles. The maximum Gasteiger partial charge on any atom is 0.265 e. The summed E-state index contributed by atoms with van der Waals surface area (Å²) in [5.74, 6) is 0.298. The van der Waals surface area contributed by atoms with Crippen molar-refractivity contribution in [2.24, 2.45) is 0 Å². The van der Waals surface area contributed by atoms with E-state index in [0.29, 0.717) is 11.5 Å². The molecule has 1 atom stereocenters. The van der Waals surface area contributed by atoms with Crippen molar-refractivity contribution in [2.45, 2.75) is 12.5 Å². The zero-order chi connectivity index (χ0) is 10.6. The maximum absolute atomic E-state index is 11.9. The minimum absolute atomic E-state index is 0.279. The van der Waals surface area contributed by atoms with E-state index in [1.165, 1.54) is 6.20 Å². The second kappa shape index (κ2) is 4.71. The number of nitrogens with one attached hydrogen (secondary N) is 1. The molecule has 0 saturated heterocycles. The van der Waals surface area contributed by atoms with E-state index in [4.69, 9.17) is 10.8 Å². The van der Waals surface area contributed by atoms with Gasteiger partial charge < -0.3 is 16.2 Å². The monoisotopic (exact) mass is 203 g/mol. The number of nitrogens with two attached hydrogens (primary N) is 1. The molecule has 14 heavy (non-hydrogen) atoms. The summed E-state index contributed by atoms with van der Waals surface area (Å²) in [6.45, 7) is -0.279. The van der Waals surface area contributed by atoms with Gasteiger partial charge in [0, 0.05) is 12.7 Å². The van der Waals surface area contributed by atoms with E-state index in [-0.39, 0.29) is 6.54 Å². The standard InChI is InChI=1S/C8H11F2N3O/c9-7(10)6(14)4-13-8-5(11)2-1-3-12-8/h1-3,6-7,14H,4,11H2,(H,12,13). The van der Waals surface area contributed by atoms with Crippen LogP contribution in [-0.2, 0) is 0 Å². The van der Waals surface area contributed by atoms with Crippen molar-refractivity contribution >= 4 is 11.5 Å². The fourth-order valence-electron chi connectivity index (χ4n) is 0.856. The average molecular weight is 203 g/mol. The minimum atomic E-state index is -2.77. The van der Waals surface area contributed by atoms with E-state index >= 15 is 0 Å². The van der Waals surface area contributed by atoms with Crippen molar-refractivity contribution in [1.29, 1.82) is 0 Å². The summed E-state index contributed by atoms with van der Waals surface area (Å²) in [4.78, 5) is 3.82. The van der Waals surface area contributed by atoms with Crippen LogP contribution in [0.2, 0.25) is 0 Å². The molecule has 4 N–H and O–H groups in total. The van der Waals surface area contributed by atoms with Gasteiger partial charge in [0.05, 0.1) is 5.69 Å². The molecule has 0 fully saturated rings. The lowest BCUT2D eigenvalue weighted by Crippen LogP contribution is -2.27. The van der Waals surface area contributed by atoms with Gasteiger partial charge in [0.2, 0.25) is 0 Å². The summed E-state index contributed by atoms with van der Waals surface area (Å²) < 4.78 is 23.8. The average Bonchev–Trinajstić information content (AvgIpc) is 2.16. The zero-order valence-corrected chi connectivity index (χ0v) is 7.32. The molecule has 0 aromatic carbocycles. The Morgan fingerprint density at radius 2 is 2.29 bits per heavy atom. The number of nitrogens with zero attached hydrogens (tertiary/aromatic N) is 1. The van der Waals surface area contributed by atoms with Crippen LogP contribution in [0.5, 0.6) is 0 Å². The van der Waals surface area contributed by atoms with Crippen molar-refractivity contribution in [3.63, 3.8) is 0 Å². The third kappa shape index (κ3) is 2.81. The van der Waals surface area contributed by atoms with Gasteiger partial charge in [-0.05, 0) is 12.1 Å². The molecule has 0 radical (unpaired) electrons. The number of aliphatic hydroxyl groups is 1. The van der Waals surface area contributed by atoms with E-state index < -0.39 is 12.5 Å². The van der Waals surface area contributed by atoms with Gasteiger partial charge >= 0.3 is 0 Å². The Morgan fingerprint density at radius 3 is 2.86 bits per heavy atom. The molecule has 0 aliphatic rings. The summed E-state index contributed by atoms with van der Waals surface area (Å²) in [7, 11) is 0. The Hall–Kier alpha value is -1.43. The lowest BCUT2D eigenvalue weighted by Gasteiger charge is -2.11. The molecule has 0 spiro atoms. The van der Waals surface area contributed by atoms with Crippen LogP contribution in [0.15, 0.2) is 18.3 Å². The van der Waals surface area contributed by atoms with E-state index in [9.17, 15) is 8.78 Å². The fourth-order valence-corrected chi connectivity index (χ4v) is 0.856. The summed E-state index contributed by atoms with van der Waals surface area (Å²) >= 11 is 0. The second-order valence-corrected chi connectivity index (χ2v) is 2.72. The van der Waals surface area contributed by atoms with Crippen LogP contribution >= 0.6 is 0 Å². The Morgan fingerprint density at radius 1 is 1.57 bits per heavy atom. The highest BCUT2D eigenvalue weighted by Crippen LogP contribution is 2.13. The minimum Gasteiger partial charge on any atom is -0.396 e. The molecular formula is C8H11F2N3O. The Kier molecular flexibility index (Phi) is 3.58. The predicted molar refractivity (Wildman–Crippen MR) is 49.1 cm³/mol. The van der Waals surface area contributed by atoms with Gasteiger partial charge in [0.25, 0.3) is 6.43 Å². The first-order valence-corrected chi connectivity index (χ1v) is 4.02. The van der Waals surface area contributed by atoms with E-state index in [0.717, 1.165) is 0 Å². The smallest absolute Gasteiger partial charge is 0.265 e. The van der Waals surface area contributed by atoms with Crippen molar-refractivity contribution < 1.29 is 13.9 Å².